The van der Waals surface area contributed by atoms with E-state index in [4.69, 9.17) is 0 Å². The number of para-hydroxylation sites is 1. The van der Waals surface area contributed by atoms with E-state index < -0.39 is 24.0 Å². The van der Waals surface area contributed by atoms with Crippen LogP contribution in [0, 0.1) is 5.95 Å². The summed E-state index contributed by atoms with van der Waals surface area (Å²) < 4.78 is 59.3. The molecule has 0 amide bonds. The van der Waals surface area contributed by atoms with Gasteiger partial charge in [-0.25, -0.2) is 9.78 Å². The topological polar surface area (TPSA) is 48.4 Å². The molecule has 1 aromatic carbocycles. The molecule has 2 aromatic rings. The third-order valence-corrected chi connectivity index (χ3v) is 2.65. The minimum Gasteiger partial charge on any atom is -0.464 e. The summed E-state index contributed by atoms with van der Waals surface area (Å²) >= 11 is 0. The minimum absolute atomic E-state index is 0.138. The van der Waals surface area contributed by atoms with Crippen molar-refractivity contribution in [1.82, 2.24) is 4.98 Å². The van der Waals surface area contributed by atoms with Gasteiger partial charge in [0.1, 0.15) is 5.75 Å². The number of methoxy groups -OCH3 is 1. The Balaban J connectivity index is 2.47. The number of halogens is 4. The molecule has 0 saturated carbocycles. The molecule has 0 bridgehead atoms. The average molecular weight is 315 g/mol. The van der Waals surface area contributed by atoms with E-state index >= 15 is 0 Å². The Labute approximate surface area is 122 Å². The second-order valence-electron chi connectivity index (χ2n) is 4.07. The van der Waals surface area contributed by atoms with Crippen LogP contribution in [-0.4, -0.2) is 24.4 Å². The van der Waals surface area contributed by atoms with Gasteiger partial charge in [-0.1, -0.05) is 18.2 Å². The fourth-order valence-electron chi connectivity index (χ4n) is 1.76. The highest BCUT2D eigenvalue weighted by atomic mass is 19.4. The second kappa shape index (κ2) is 6.00. The molecule has 0 aliphatic carbocycles. The average Bonchev–Trinajstić information content (AvgIpc) is 2.45. The first-order valence-corrected chi connectivity index (χ1v) is 5.92. The molecule has 0 saturated heterocycles. The first-order chi connectivity index (χ1) is 10.3. The molecule has 2 rings (SSSR count). The molecule has 116 valence electrons. The van der Waals surface area contributed by atoms with Crippen LogP contribution in [0.25, 0.3) is 11.1 Å². The number of carbonyl (C=O) groups excluding carboxylic acids is 1. The third-order valence-electron chi connectivity index (χ3n) is 2.65. The number of carbonyl (C=O) groups is 1. The lowest BCUT2D eigenvalue weighted by Gasteiger charge is -2.13. The van der Waals surface area contributed by atoms with Gasteiger partial charge in [0, 0.05) is 11.1 Å². The van der Waals surface area contributed by atoms with Crippen LogP contribution in [0.2, 0.25) is 0 Å². The van der Waals surface area contributed by atoms with Gasteiger partial charge in [0.15, 0.2) is 5.69 Å². The lowest BCUT2D eigenvalue weighted by molar-refractivity contribution is -0.274. The van der Waals surface area contributed by atoms with Crippen LogP contribution in [0.4, 0.5) is 17.6 Å². The van der Waals surface area contributed by atoms with Gasteiger partial charge in [-0.3, -0.25) is 0 Å². The first-order valence-electron chi connectivity index (χ1n) is 5.92. The van der Waals surface area contributed by atoms with Crippen molar-refractivity contribution in [3.05, 3.63) is 48.0 Å². The lowest BCUT2D eigenvalue weighted by Crippen LogP contribution is -2.17. The Morgan fingerprint density at radius 2 is 1.77 bits per heavy atom. The molecule has 0 unspecified atom stereocenters. The summed E-state index contributed by atoms with van der Waals surface area (Å²) in [4.78, 5) is 14.6. The van der Waals surface area contributed by atoms with Crippen molar-refractivity contribution in [1.29, 1.82) is 0 Å². The maximum absolute atomic E-state index is 14.0. The Bertz CT molecular complexity index is 701. The molecule has 0 aliphatic rings. The van der Waals surface area contributed by atoms with E-state index in [-0.39, 0.29) is 16.8 Å². The number of esters is 1. The van der Waals surface area contributed by atoms with Gasteiger partial charge in [0.25, 0.3) is 0 Å². The number of pyridine rings is 1. The maximum atomic E-state index is 14.0. The van der Waals surface area contributed by atoms with Crippen LogP contribution in [-0.2, 0) is 4.74 Å². The number of nitrogens with zero attached hydrogens (tertiary/aromatic N) is 1. The molecule has 0 fully saturated rings. The third kappa shape index (κ3) is 3.51. The van der Waals surface area contributed by atoms with Gasteiger partial charge in [0.05, 0.1) is 7.11 Å². The van der Waals surface area contributed by atoms with Gasteiger partial charge < -0.3 is 9.47 Å². The summed E-state index contributed by atoms with van der Waals surface area (Å²) in [5, 5.41) is 0. The van der Waals surface area contributed by atoms with Crippen LogP contribution in [0.5, 0.6) is 5.75 Å². The molecule has 0 aliphatic heterocycles. The summed E-state index contributed by atoms with van der Waals surface area (Å²) in [6.45, 7) is 0. The fraction of sp³-hybridized carbons (Fsp3) is 0.143. The Morgan fingerprint density at radius 3 is 2.36 bits per heavy atom. The van der Waals surface area contributed by atoms with E-state index in [9.17, 15) is 22.4 Å². The Morgan fingerprint density at radius 1 is 1.09 bits per heavy atom. The van der Waals surface area contributed by atoms with Crippen molar-refractivity contribution >= 4 is 5.97 Å². The molecule has 1 heterocycles. The van der Waals surface area contributed by atoms with E-state index in [0.29, 0.717) is 0 Å². The molecule has 0 N–H and O–H groups in total. The zero-order valence-electron chi connectivity index (χ0n) is 11.1. The Kier molecular flexibility index (Phi) is 4.30. The molecule has 0 atom stereocenters. The predicted molar refractivity (Wildman–Crippen MR) is 67.7 cm³/mol. The van der Waals surface area contributed by atoms with Crippen molar-refractivity contribution in [3.8, 4) is 16.9 Å². The van der Waals surface area contributed by atoms with Crippen molar-refractivity contribution in [3.63, 3.8) is 0 Å². The van der Waals surface area contributed by atoms with E-state index in [1.807, 2.05) is 0 Å². The standard InChI is InChI=1S/C14H9F4NO3/c1-21-13(20)10-7-6-9(12(15)19-10)8-4-2-3-5-11(8)22-14(16,17)18/h2-7H,1H3. The van der Waals surface area contributed by atoms with Gasteiger partial charge in [-0.15, -0.1) is 13.2 Å². The van der Waals surface area contributed by atoms with E-state index in [1.54, 1.807) is 0 Å². The van der Waals surface area contributed by atoms with Gasteiger partial charge in [0.2, 0.25) is 5.95 Å². The quantitative estimate of drug-likeness (QED) is 0.493. The van der Waals surface area contributed by atoms with E-state index in [1.165, 1.54) is 18.2 Å². The normalized spacial score (nSPS) is 11.1. The van der Waals surface area contributed by atoms with Gasteiger partial charge in [-0.05, 0) is 18.2 Å². The molecule has 22 heavy (non-hydrogen) atoms. The van der Waals surface area contributed by atoms with Crippen LogP contribution in [0.3, 0.4) is 0 Å². The van der Waals surface area contributed by atoms with Crippen LogP contribution in [0.15, 0.2) is 36.4 Å². The number of alkyl halides is 3. The number of hydrogen-bond acceptors (Lipinski definition) is 4. The predicted octanol–water partition coefficient (Wildman–Crippen LogP) is 3.57. The zero-order valence-corrected chi connectivity index (χ0v) is 11.1. The van der Waals surface area contributed by atoms with Crippen LogP contribution < -0.4 is 4.74 Å². The van der Waals surface area contributed by atoms with Gasteiger partial charge >= 0.3 is 12.3 Å². The largest absolute Gasteiger partial charge is 0.573 e. The highest BCUT2D eigenvalue weighted by molar-refractivity contribution is 5.87. The monoisotopic (exact) mass is 315 g/mol. The van der Waals surface area contributed by atoms with Crippen molar-refractivity contribution < 1.29 is 31.8 Å². The zero-order chi connectivity index (χ0) is 16.3. The van der Waals surface area contributed by atoms with E-state index in [2.05, 4.69) is 14.5 Å². The Hall–Kier alpha value is -2.64. The highest BCUT2D eigenvalue weighted by Crippen LogP contribution is 2.34. The van der Waals surface area contributed by atoms with Crippen LogP contribution in [0.1, 0.15) is 10.5 Å². The molecular weight excluding hydrogens is 306 g/mol. The maximum Gasteiger partial charge on any atom is 0.573 e. The SMILES string of the molecule is COC(=O)c1ccc(-c2ccccc2OC(F)(F)F)c(F)n1. The highest BCUT2D eigenvalue weighted by Gasteiger charge is 2.32. The lowest BCUT2D eigenvalue weighted by atomic mass is 10.1. The second-order valence-corrected chi connectivity index (χ2v) is 4.07. The summed E-state index contributed by atoms with van der Waals surface area (Å²) in [5.74, 6) is -2.53. The molecule has 1 aromatic heterocycles. The number of aromatic nitrogens is 1. The van der Waals surface area contributed by atoms with Gasteiger partial charge in [-0.2, -0.15) is 4.39 Å². The first kappa shape index (κ1) is 15.7. The van der Waals surface area contributed by atoms with E-state index in [0.717, 1.165) is 25.3 Å². The van der Waals surface area contributed by atoms with Crippen molar-refractivity contribution in [2.75, 3.05) is 7.11 Å². The summed E-state index contributed by atoms with van der Waals surface area (Å²) in [5.41, 5.74) is -0.660. The van der Waals surface area contributed by atoms with Crippen LogP contribution >= 0.6 is 0 Å². The molecule has 0 spiro atoms. The number of ether oxygens (including phenoxy) is 2. The summed E-state index contributed by atoms with van der Waals surface area (Å²) in [7, 11) is 1.10. The molecule has 4 nitrogen and oxygen atoms in total. The molecule has 0 radical (unpaired) electrons. The number of rotatable bonds is 3. The number of hydrogen-bond donors (Lipinski definition) is 0. The van der Waals surface area contributed by atoms with Crippen molar-refractivity contribution in [2.45, 2.75) is 6.36 Å². The smallest absolute Gasteiger partial charge is 0.464 e. The summed E-state index contributed by atoms with van der Waals surface area (Å²) in [6.07, 6.45) is -4.91. The molecular formula is C14H9F4NO3. The molecule has 8 heteroatoms. The summed E-state index contributed by atoms with van der Waals surface area (Å²) in [6, 6.07) is 7.32. The fourth-order valence-corrected chi connectivity index (χ4v) is 1.76. The number of benzene rings is 1. The van der Waals surface area contributed by atoms with Crippen molar-refractivity contribution in [2.24, 2.45) is 0 Å². The minimum atomic E-state index is -4.91.